The van der Waals surface area contributed by atoms with Gasteiger partial charge in [0.25, 0.3) is 0 Å². The van der Waals surface area contributed by atoms with Crippen LogP contribution in [-0.4, -0.2) is 41.8 Å². The van der Waals surface area contributed by atoms with E-state index in [4.69, 9.17) is 10.00 Å². The molecule has 0 radical (unpaired) electrons. The lowest BCUT2D eigenvalue weighted by Crippen LogP contribution is -2.47. The number of hydrogen-bond donors (Lipinski definition) is 0. The van der Waals surface area contributed by atoms with Crippen LogP contribution in [0, 0.1) is 11.3 Å². The molecule has 1 aliphatic heterocycles. The summed E-state index contributed by atoms with van der Waals surface area (Å²) in [5, 5.41) is 9.00. The fourth-order valence-corrected chi connectivity index (χ4v) is 1.87. The number of likely N-dealkylation sites (tertiary alicyclic amines) is 1. The van der Waals surface area contributed by atoms with Gasteiger partial charge in [-0.3, -0.25) is 4.90 Å². The van der Waals surface area contributed by atoms with Gasteiger partial charge in [0.15, 0.2) is 0 Å². The second kappa shape index (κ2) is 5.25. The van der Waals surface area contributed by atoms with Gasteiger partial charge in [0.1, 0.15) is 17.7 Å². The summed E-state index contributed by atoms with van der Waals surface area (Å²) >= 11 is 0. The zero-order chi connectivity index (χ0) is 13.9. The van der Waals surface area contributed by atoms with E-state index in [1.807, 2.05) is 6.07 Å². The monoisotopic (exact) mass is 254 g/mol. The van der Waals surface area contributed by atoms with Crippen molar-refractivity contribution >= 4 is 12.1 Å². The number of hydrogen-bond acceptors (Lipinski definition) is 5. The van der Waals surface area contributed by atoms with E-state index in [1.165, 1.54) is 12.0 Å². The van der Waals surface area contributed by atoms with Crippen LogP contribution in [0.15, 0.2) is 0 Å². The Morgan fingerprint density at radius 3 is 2.39 bits per heavy atom. The molecule has 0 bridgehead atoms. The van der Waals surface area contributed by atoms with Gasteiger partial charge in [-0.2, -0.15) is 5.26 Å². The zero-order valence-corrected chi connectivity index (χ0v) is 11.1. The van der Waals surface area contributed by atoms with Crippen LogP contribution in [0.1, 0.15) is 33.6 Å². The largest absolute Gasteiger partial charge is 0.467 e. The van der Waals surface area contributed by atoms with Crippen LogP contribution in [0.3, 0.4) is 0 Å². The minimum atomic E-state index is -0.727. The molecule has 6 nitrogen and oxygen atoms in total. The highest BCUT2D eigenvalue weighted by atomic mass is 16.6. The lowest BCUT2D eigenvalue weighted by Gasteiger charge is -2.29. The summed E-state index contributed by atoms with van der Waals surface area (Å²) in [6.45, 7) is 5.19. The van der Waals surface area contributed by atoms with Crippen molar-refractivity contribution in [3.8, 4) is 6.07 Å². The van der Waals surface area contributed by atoms with Crippen LogP contribution in [0.5, 0.6) is 0 Å². The normalized spacial score (nSPS) is 23.4. The molecule has 2 atom stereocenters. The molecule has 18 heavy (non-hydrogen) atoms. The highest BCUT2D eigenvalue weighted by Crippen LogP contribution is 2.26. The first-order valence-corrected chi connectivity index (χ1v) is 5.79. The van der Waals surface area contributed by atoms with E-state index in [-0.39, 0.29) is 0 Å². The molecule has 0 aromatic carbocycles. The topological polar surface area (TPSA) is 79.6 Å². The molecular formula is C12H18N2O4. The Bertz CT molecular complexity index is 381. The first kappa shape index (κ1) is 14.3. The quantitative estimate of drug-likeness (QED) is 0.662. The number of nitriles is 1. The summed E-state index contributed by atoms with van der Waals surface area (Å²) in [5.74, 6) is -0.515. The van der Waals surface area contributed by atoms with Gasteiger partial charge in [0.05, 0.1) is 13.2 Å². The highest BCUT2D eigenvalue weighted by molar-refractivity contribution is 5.82. The summed E-state index contributed by atoms with van der Waals surface area (Å²) in [6, 6.07) is 0.644. The van der Waals surface area contributed by atoms with Crippen molar-refractivity contribution in [3.63, 3.8) is 0 Å². The van der Waals surface area contributed by atoms with Crippen LogP contribution in [-0.2, 0) is 14.3 Å². The van der Waals surface area contributed by atoms with E-state index in [1.54, 1.807) is 20.8 Å². The number of rotatable bonds is 1. The van der Waals surface area contributed by atoms with Crippen molar-refractivity contribution in [2.45, 2.75) is 51.3 Å². The lowest BCUT2D eigenvalue weighted by molar-refractivity contribution is -0.145. The molecule has 100 valence electrons. The molecule has 0 spiro atoms. The Hall–Kier alpha value is -1.77. The smallest absolute Gasteiger partial charge is 0.412 e. The first-order valence-electron chi connectivity index (χ1n) is 5.79. The van der Waals surface area contributed by atoms with Crippen molar-refractivity contribution in [3.05, 3.63) is 0 Å². The molecular weight excluding hydrogens is 236 g/mol. The van der Waals surface area contributed by atoms with Crippen LogP contribution in [0.4, 0.5) is 4.79 Å². The maximum absolute atomic E-state index is 12.0. The molecule has 1 aliphatic rings. The minimum absolute atomic E-state index is 0.421. The van der Waals surface area contributed by atoms with Crippen molar-refractivity contribution in [1.82, 2.24) is 4.90 Å². The fourth-order valence-electron chi connectivity index (χ4n) is 1.87. The average Bonchev–Trinajstić information content (AvgIpc) is 2.69. The number of ether oxygens (including phenoxy) is 2. The van der Waals surface area contributed by atoms with E-state index >= 15 is 0 Å². The number of carbonyl (C=O) groups excluding carboxylic acids is 2. The molecule has 1 saturated heterocycles. The van der Waals surface area contributed by atoms with E-state index in [9.17, 15) is 9.59 Å². The maximum atomic E-state index is 12.0. The SMILES string of the molecule is COC(=O)[C@H]1CC[C@H](C#N)N1C(=O)OC(C)(C)C. The molecule has 0 unspecified atom stereocenters. The zero-order valence-electron chi connectivity index (χ0n) is 11.1. The van der Waals surface area contributed by atoms with Gasteiger partial charge in [-0.05, 0) is 33.6 Å². The fraction of sp³-hybridized carbons (Fsp3) is 0.750. The predicted molar refractivity (Wildman–Crippen MR) is 62.5 cm³/mol. The Balaban J connectivity index is 2.88. The highest BCUT2D eigenvalue weighted by Gasteiger charge is 2.43. The van der Waals surface area contributed by atoms with Crippen molar-refractivity contribution in [2.75, 3.05) is 7.11 Å². The number of amides is 1. The molecule has 0 saturated carbocycles. The second-order valence-corrected chi connectivity index (χ2v) is 5.15. The molecule has 1 rings (SSSR count). The first-order chi connectivity index (χ1) is 8.30. The molecule has 1 fully saturated rings. The number of carbonyl (C=O) groups is 2. The second-order valence-electron chi connectivity index (χ2n) is 5.15. The van der Waals surface area contributed by atoms with E-state index in [0.29, 0.717) is 12.8 Å². The van der Waals surface area contributed by atoms with E-state index < -0.39 is 29.7 Å². The molecule has 0 aliphatic carbocycles. The van der Waals surface area contributed by atoms with Gasteiger partial charge in [-0.25, -0.2) is 9.59 Å². The van der Waals surface area contributed by atoms with E-state index in [0.717, 1.165) is 0 Å². The minimum Gasteiger partial charge on any atom is -0.467 e. The Morgan fingerprint density at radius 2 is 1.94 bits per heavy atom. The van der Waals surface area contributed by atoms with Gasteiger partial charge < -0.3 is 9.47 Å². The van der Waals surface area contributed by atoms with Crippen LogP contribution < -0.4 is 0 Å². The third-order valence-electron chi connectivity index (χ3n) is 2.61. The van der Waals surface area contributed by atoms with Crippen LogP contribution >= 0.6 is 0 Å². The number of methoxy groups -OCH3 is 1. The standard InChI is InChI=1S/C12H18N2O4/c1-12(2,3)18-11(16)14-8(7-13)5-6-9(14)10(15)17-4/h8-9H,5-6H2,1-4H3/t8-,9-/m1/s1. The Labute approximate surface area is 106 Å². The van der Waals surface area contributed by atoms with Crippen molar-refractivity contribution in [1.29, 1.82) is 5.26 Å². The summed E-state index contributed by atoms with van der Waals surface area (Å²) < 4.78 is 9.85. The van der Waals surface area contributed by atoms with Gasteiger partial charge in [0.2, 0.25) is 0 Å². The lowest BCUT2D eigenvalue weighted by atomic mass is 10.2. The van der Waals surface area contributed by atoms with Crippen molar-refractivity contribution in [2.24, 2.45) is 0 Å². The molecule has 0 N–H and O–H groups in total. The van der Waals surface area contributed by atoms with E-state index in [2.05, 4.69) is 4.74 Å². The van der Waals surface area contributed by atoms with Gasteiger partial charge in [-0.15, -0.1) is 0 Å². The number of nitrogens with zero attached hydrogens (tertiary/aromatic N) is 2. The maximum Gasteiger partial charge on any atom is 0.412 e. The van der Waals surface area contributed by atoms with Crippen LogP contribution in [0.2, 0.25) is 0 Å². The summed E-state index contributed by atoms with van der Waals surface area (Å²) in [7, 11) is 1.26. The molecule has 6 heteroatoms. The van der Waals surface area contributed by atoms with Gasteiger partial charge in [-0.1, -0.05) is 0 Å². The predicted octanol–water partition coefficient (Wildman–Crippen LogP) is 1.45. The average molecular weight is 254 g/mol. The molecule has 0 aromatic heterocycles. The Morgan fingerprint density at radius 1 is 1.33 bits per heavy atom. The molecule has 1 heterocycles. The van der Waals surface area contributed by atoms with Gasteiger partial charge >= 0.3 is 12.1 Å². The summed E-state index contributed by atoms with van der Waals surface area (Å²) in [4.78, 5) is 24.8. The molecule has 0 aromatic rings. The van der Waals surface area contributed by atoms with Crippen LogP contribution in [0.25, 0.3) is 0 Å². The number of esters is 1. The summed E-state index contributed by atoms with van der Waals surface area (Å²) in [6.07, 6.45) is 0.224. The van der Waals surface area contributed by atoms with Crippen molar-refractivity contribution < 1.29 is 19.1 Å². The third-order valence-corrected chi connectivity index (χ3v) is 2.61. The third kappa shape index (κ3) is 3.13. The Kier molecular flexibility index (Phi) is 4.17. The van der Waals surface area contributed by atoms with Gasteiger partial charge in [0, 0.05) is 0 Å². The molecule has 1 amide bonds. The summed E-state index contributed by atoms with van der Waals surface area (Å²) in [5.41, 5.74) is -0.666.